The van der Waals surface area contributed by atoms with Gasteiger partial charge in [0, 0.05) is 12.6 Å². The van der Waals surface area contributed by atoms with E-state index in [2.05, 4.69) is 0 Å². The lowest BCUT2D eigenvalue weighted by Gasteiger charge is -2.31. The number of amides is 1. The minimum atomic E-state index is -4.43. The maximum Gasteiger partial charge on any atom is 0.416 e. The summed E-state index contributed by atoms with van der Waals surface area (Å²) in [6.45, 7) is -0.288. The summed E-state index contributed by atoms with van der Waals surface area (Å²) in [4.78, 5) is 22.3. The van der Waals surface area contributed by atoms with E-state index < -0.39 is 28.5 Å². The number of nitrogens with zero attached hydrogens (tertiary/aromatic N) is 1. The van der Waals surface area contributed by atoms with Crippen LogP contribution in [0.1, 0.15) is 11.1 Å². The van der Waals surface area contributed by atoms with E-state index in [9.17, 15) is 22.8 Å². The fourth-order valence-corrected chi connectivity index (χ4v) is 2.22. The van der Waals surface area contributed by atoms with Crippen molar-refractivity contribution in [2.24, 2.45) is 0 Å². The van der Waals surface area contributed by atoms with Gasteiger partial charge in [-0.05, 0) is 23.8 Å². The summed E-state index contributed by atoms with van der Waals surface area (Å²) >= 11 is 5.89. The summed E-state index contributed by atoms with van der Waals surface area (Å²) in [6.07, 6.45) is -2.28. The molecule has 0 saturated carbocycles. The summed E-state index contributed by atoms with van der Waals surface area (Å²) in [7, 11) is 0. The van der Waals surface area contributed by atoms with Crippen molar-refractivity contribution in [1.82, 2.24) is 4.90 Å². The van der Waals surface area contributed by atoms with Crippen molar-refractivity contribution in [2.75, 3.05) is 6.54 Å². The minimum Gasteiger partial charge on any atom is -0.480 e. The van der Waals surface area contributed by atoms with Crippen LogP contribution in [0.5, 0.6) is 0 Å². The number of carbonyl (C=O) groups is 2. The summed E-state index contributed by atoms with van der Waals surface area (Å²) < 4.78 is 37.4. The number of rotatable bonds is 3. The van der Waals surface area contributed by atoms with Crippen molar-refractivity contribution in [3.05, 3.63) is 47.5 Å². The maximum atomic E-state index is 12.5. The van der Waals surface area contributed by atoms with E-state index in [-0.39, 0.29) is 13.1 Å². The maximum absolute atomic E-state index is 12.5. The van der Waals surface area contributed by atoms with Crippen LogP contribution < -0.4 is 0 Å². The number of benzene rings is 1. The van der Waals surface area contributed by atoms with Crippen LogP contribution in [0.4, 0.5) is 13.2 Å². The van der Waals surface area contributed by atoms with Gasteiger partial charge in [-0.3, -0.25) is 4.79 Å². The minimum absolute atomic E-state index is 0.0247. The smallest absolute Gasteiger partial charge is 0.416 e. The van der Waals surface area contributed by atoms with Gasteiger partial charge in [0.25, 0.3) is 0 Å². The van der Waals surface area contributed by atoms with Crippen LogP contribution in [0, 0.1) is 0 Å². The van der Waals surface area contributed by atoms with E-state index >= 15 is 0 Å². The standard InChI is InChI=1S/C14H11ClF3NO3/c15-13(12(21)22)6-5-11(20)19(8-13)7-9-1-3-10(4-2-9)14(16,17)18/h1-6H,7-8H2,(H,21,22). The van der Waals surface area contributed by atoms with Crippen LogP contribution in [-0.2, 0) is 22.3 Å². The molecule has 0 bridgehead atoms. The highest BCUT2D eigenvalue weighted by molar-refractivity contribution is 6.36. The number of alkyl halides is 4. The molecule has 1 atom stereocenters. The number of carboxylic acid groups (broad SMARTS) is 1. The molecule has 1 aliphatic heterocycles. The molecule has 1 aromatic carbocycles. The van der Waals surface area contributed by atoms with Gasteiger partial charge < -0.3 is 10.0 Å². The molecule has 0 aliphatic carbocycles. The number of hydrogen-bond donors (Lipinski definition) is 1. The number of halogens is 4. The van der Waals surface area contributed by atoms with Gasteiger partial charge >= 0.3 is 12.1 Å². The Balaban J connectivity index is 2.15. The number of aliphatic carboxylic acids is 1. The molecule has 1 heterocycles. The first kappa shape index (κ1) is 16.4. The largest absolute Gasteiger partial charge is 0.480 e. The lowest BCUT2D eigenvalue weighted by molar-refractivity contribution is -0.141. The van der Waals surface area contributed by atoms with Crippen molar-refractivity contribution >= 4 is 23.5 Å². The summed E-state index contributed by atoms with van der Waals surface area (Å²) in [5, 5.41) is 9.05. The van der Waals surface area contributed by atoms with Crippen molar-refractivity contribution in [3.8, 4) is 0 Å². The highest BCUT2D eigenvalue weighted by atomic mass is 35.5. The molecule has 4 nitrogen and oxygen atoms in total. The van der Waals surface area contributed by atoms with E-state index in [0.29, 0.717) is 5.56 Å². The molecule has 0 radical (unpaired) electrons. The zero-order valence-electron chi connectivity index (χ0n) is 11.1. The molecular weight excluding hydrogens is 323 g/mol. The summed E-state index contributed by atoms with van der Waals surface area (Å²) in [5.41, 5.74) is -0.348. The lowest BCUT2D eigenvalue weighted by atomic mass is 10.0. The van der Waals surface area contributed by atoms with E-state index in [1.165, 1.54) is 17.0 Å². The first-order valence-corrected chi connectivity index (χ1v) is 6.56. The fraction of sp³-hybridized carbons (Fsp3) is 0.286. The van der Waals surface area contributed by atoms with E-state index in [1.54, 1.807) is 0 Å². The van der Waals surface area contributed by atoms with Crippen LogP contribution in [0.25, 0.3) is 0 Å². The van der Waals surface area contributed by atoms with E-state index in [0.717, 1.165) is 24.3 Å². The molecule has 2 rings (SSSR count). The second-order valence-electron chi connectivity index (χ2n) is 4.89. The second kappa shape index (κ2) is 5.64. The Morgan fingerprint density at radius 3 is 2.41 bits per heavy atom. The molecule has 1 unspecified atom stereocenters. The van der Waals surface area contributed by atoms with Gasteiger partial charge in [-0.25, -0.2) is 4.79 Å². The predicted molar refractivity (Wildman–Crippen MR) is 72.2 cm³/mol. The second-order valence-corrected chi connectivity index (χ2v) is 5.56. The predicted octanol–water partition coefficient (Wildman–Crippen LogP) is 2.67. The molecule has 0 fully saturated rings. The Kier molecular flexibility index (Phi) is 4.19. The molecule has 1 N–H and O–H groups in total. The molecule has 22 heavy (non-hydrogen) atoms. The third-order valence-electron chi connectivity index (χ3n) is 3.23. The Morgan fingerprint density at radius 2 is 1.91 bits per heavy atom. The quantitative estimate of drug-likeness (QED) is 0.865. The van der Waals surface area contributed by atoms with Gasteiger partial charge in [0.05, 0.1) is 12.1 Å². The Labute approximate surface area is 128 Å². The Morgan fingerprint density at radius 1 is 1.32 bits per heavy atom. The van der Waals surface area contributed by atoms with E-state index in [1.807, 2.05) is 0 Å². The Hall–Kier alpha value is -2.02. The van der Waals surface area contributed by atoms with E-state index in [4.69, 9.17) is 16.7 Å². The molecule has 1 amide bonds. The molecule has 0 spiro atoms. The van der Waals surface area contributed by atoms with Gasteiger partial charge in [-0.2, -0.15) is 13.2 Å². The van der Waals surface area contributed by atoms with Crippen molar-refractivity contribution in [1.29, 1.82) is 0 Å². The zero-order valence-corrected chi connectivity index (χ0v) is 11.9. The van der Waals surface area contributed by atoms with Gasteiger partial charge in [-0.15, -0.1) is 11.6 Å². The highest BCUT2D eigenvalue weighted by Crippen LogP contribution is 2.30. The highest BCUT2D eigenvalue weighted by Gasteiger charge is 2.39. The van der Waals surface area contributed by atoms with Crippen LogP contribution in [0.3, 0.4) is 0 Å². The van der Waals surface area contributed by atoms with Gasteiger partial charge in [-0.1, -0.05) is 12.1 Å². The van der Waals surface area contributed by atoms with Crippen molar-refractivity contribution in [2.45, 2.75) is 17.6 Å². The van der Waals surface area contributed by atoms with Crippen LogP contribution >= 0.6 is 11.6 Å². The number of hydrogen-bond acceptors (Lipinski definition) is 2. The van der Waals surface area contributed by atoms with Crippen LogP contribution in [0.15, 0.2) is 36.4 Å². The molecule has 8 heteroatoms. The lowest BCUT2D eigenvalue weighted by Crippen LogP contribution is -2.48. The molecule has 1 aromatic rings. The van der Waals surface area contributed by atoms with Crippen LogP contribution in [-0.4, -0.2) is 33.3 Å². The molecule has 0 aromatic heterocycles. The average molecular weight is 334 g/mol. The molecule has 118 valence electrons. The van der Waals surface area contributed by atoms with Gasteiger partial charge in [0.15, 0.2) is 4.87 Å². The molecule has 0 saturated heterocycles. The fourth-order valence-electron chi connectivity index (χ4n) is 2.01. The first-order chi connectivity index (χ1) is 10.1. The topological polar surface area (TPSA) is 57.6 Å². The number of carbonyl (C=O) groups excluding carboxylic acids is 1. The van der Waals surface area contributed by atoms with Crippen LogP contribution in [0.2, 0.25) is 0 Å². The van der Waals surface area contributed by atoms with Gasteiger partial charge in [0.2, 0.25) is 5.91 Å². The summed E-state index contributed by atoms with van der Waals surface area (Å²) in [6, 6.07) is 4.30. The normalized spacial score (nSPS) is 22.0. The Bertz CT molecular complexity index is 627. The first-order valence-electron chi connectivity index (χ1n) is 6.18. The third kappa shape index (κ3) is 3.41. The monoisotopic (exact) mass is 333 g/mol. The SMILES string of the molecule is O=C1C=CC(Cl)(C(=O)O)CN1Cc1ccc(C(F)(F)F)cc1. The number of carboxylic acids is 1. The molecular formula is C14H11ClF3NO3. The third-order valence-corrected chi connectivity index (χ3v) is 3.64. The van der Waals surface area contributed by atoms with Crippen molar-refractivity contribution < 1.29 is 27.9 Å². The molecule has 1 aliphatic rings. The van der Waals surface area contributed by atoms with Gasteiger partial charge in [0.1, 0.15) is 0 Å². The zero-order chi connectivity index (χ0) is 16.5. The summed E-state index contributed by atoms with van der Waals surface area (Å²) in [5.74, 6) is -1.74. The van der Waals surface area contributed by atoms with Crippen molar-refractivity contribution in [3.63, 3.8) is 0 Å². The average Bonchev–Trinajstić information content (AvgIpc) is 2.42.